The molecule has 0 saturated heterocycles. The molecule has 0 radical (unpaired) electrons. The lowest BCUT2D eigenvalue weighted by Crippen LogP contribution is -2.11. The van der Waals surface area contributed by atoms with Crippen LogP contribution in [-0.4, -0.2) is 28.5 Å². The van der Waals surface area contributed by atoms with Crippen LogP contribution in [0, 0.1) is 13.8 Å². The van der Waals surface area contributed by atoms with Gasteiger partial charge in [-0.15, -0.1) is 0 Å². The van der Waals surface area contributed by atoms with Crippen molar-refractivity contribution >= 4 is 0 Å². The van der Waals surface area contributed by atoms with Crippen LogP contribution in [0.15, 0.2) is 24.5 Å². The van der Waals surface area contributed by atoms with Crippen molar-refractivity contribution in [2.45, 2.75) is 33.1 Å². The minimum atomic E-state index is 0.742. The summed E-state index contributed by atoms with van der Waals surface area (Å²) in [6.45, 7) is 5.18. The van der Waals surface area contributed by atoms with Gasteiger partial charge in [0.15, 0.2) is 0 Å². The van der Waals surface area contributed by atoms with E-state index in [0.29, 0.717) is 0 Å². The summed E-state index contributed by atoms with van der Waals surface area (Å²) in [5, 5.41) is 3.17. The molecule has 2 heterocycles. The summed E-state index contributed by atoms with van der Waals surface area (Å²) < 4.78 is 0. The molecule has 0 aromatic carbocycles. The molecule has 0 fully saturated rings. The van der Waals surface area contributed by atoms with Crippen molar-refractivity contribution in [2.24, 2.45) is 0 Å². The van der Waals surface area contributed by atoms with E-state index in [1.54, 1.807) is 6.20 Å². The number of hydrogen-bond donors (Lipinski definition) is 1. The highest BCUT2D eigenvalue weighted by Crippen LogP contribution is 2.14. The van der Waals surface area contributed by atoms with Gasteiger partial charge in [-0.3, -0.25) is 4.98 Å². The van der Waals surface area contributed by atoms with Crippen LogP contribution < -0.4 is 5.32 Å². The SMILES string of the molecule is CNCCCc1c(C)nc(Cc2cccnc2)nc1C. The Morgan fingerprint density at radius 1 is 1.15 bits per heavy atom. The highest BCUT2D eigenvalue weighted by molar-refractivity contribution is 5.26. The first kappa shape index (κ1) is 14.6. The van der Waals surface area contributed by atoms with Gasteiger partial charge in [0.2, 0.25) is 0 Å². The predicted molar refractivity (Wildman–Crippen MR) is 80.8 cm³/mol. The van der Waals surface area contributed by atoms with E-state index in [-0.39, 0.29) is 0 Å². The minimum absolute atomic E-state index is 0.742. The number of nitrogens with one attached hydrogen (secondary N) is 1. The van der Waals surface area contributed by atoms with Crippen LogP contribution in [0.3, 0.4) is 0 Å². The topological polar surface area (TPSA) is 50.7 Å². The molecule has 2 aromatic heterocycles. The molecule has 0 bridgehead atoms. The maximum atomic E-state index is 4.65. The monoisotopic (exact) mass is 270 g/mol. The van der Waals surface area contributed by atoms with Crippen LogP contribution in [0.4, 0.5) is 0 Å². The summed E-state index contributed by atoms with van der Waals surface area (Å²) in [6.07, 6.45) is 6.54. The number of hydrogen-bond acceptors (Lipinski definition) is 4. The normalized spacial score (nSPS) is 10.8. The summed E-state index contributed by atoms with van der Waals surface area (Å²) in [7, 11) is 1.98. The summed E-state index contributed by atoms with van der Waals surface area (Å²) >= 11 is 0. The number of rotatable bonds is 6. The van der Waals surface area contributed by atoms with Crippen molar-refractivity contribution in [3.05, 3.63) is 52.9 Å². The van der Waals surface area contributed by atoms with Crippen molar-refractivity contribution in [1.29, 1.82) is 0 Å². The van der Waals surface area contributed by atoms with Gasteiger partial charge in [0.25, 0.3) is 0 Å². The lowest BCUT2D eigenvalue weighted by molar-refractivity contribution is 0.712. The molecule has 4 heteroatoms. The average molecular weight is 270 g/mol. The standard InChI is InChI=1S/C16H22N4/c1-12-15(7-5-8-17-3)13(2)20-16(19-12)10-14-6-4-9-18-11-14/h4,6,9,11,17H,5,7-8,10H2,1-3H3. The second-order valence-corrected chi connectivity index (χ2v) is 5.03. The van der Waals surface area contributed by atoms with Gasteiger partial charge >= 0.3 is 0 Å². The third-order valence-corrected chi connectivity index (χ3v) is 3.41. The lowest BCUT2D eigenvalue weighted by atomic mass is 10.1. The fraction of sp³-hybridized carbons (Fsp3) is 0.438. The fourth-order valence-corrected chi connectivity index (χ4v) is 2.38. The first-order valence-corrected chi connectivity index (χ1v) is 7.07. The molecule has 2 aromatic rings. The van der Waals surface area contributed by atoms with Crippen molar-refractivity contribution in [3.63, 3.8) is 0 Å². The van der Waals surface area contributed by atoms with Gasteiger partial charge in [-0.25, -0.2) is 9.97 Å². The minimum Gasteiger partial charge on any atom is -0.320 e. The van der Waals surface area contributed by atoms with Crippen LogP contribution in [0.5, 0.6) is 0 Å². The Balaban J connectivity index is 2.13. The maximum absolute atomic E-state index is 4.65. The summed E-state index contributed by atoms with van der Waals surface area (Å²) in [5.74, 6) is 0.880. The predicted octanol–water partition coefficient (Wildman–Crippen LogP) is 2.23. The van der Waals surface area contributed by atoms with Gasteiger partial charge in [0.1, 0.15) is 5.82 Å². The molecule has 0 aliphatic heterocycles. The second-order valence-electron chi connectivity index (χ2n) is 5.03. The van der Waals surface area contributed by atoms with Gasteiger partial charge in [-0.1, -0.05) is 6.07 Å². The van der Waals surface area contributed by atoms with Crippen LogP contribution in [0.1, 0.15) is 34.8 Å². The lowest BCUT2D eigenvalue weighted by Gasteiger charge is -2.11. The van der Waals surface area contributed by atoms with Crippen molar-refractivity contribution in [1.82, 2.24) is 20.3 Å². The van der Waals surface area contributed by atoms with E-state index in [0.717, 1.165) is 48.6 Å². The van der Waals surface area contributed by atoms with Gasteiger partial charge in [-0.2, -0.15) is 0 Å². The summed E-state index contributed by atoms with van der Waals surface area (Å²) in [4.78, 5) is 13.4. The number of aromatic nitrogens is 3. The molecule has 106 valence electrons. The molecule has 0 aliphatic rings. The zero-order valence-electron chi connectivity index (χ0n) is 12.5. The third kappa shape index (κ3) is 3.84. The van der Waals surface area contributed by atoms with Gasteiger partial charge < -0.3 is 5.32 Å². The van der Waals surface area contributed by atoms with Gasteiger partial charge in [0.05, 0.1) is 0 Å². The zero-order valence-corrected chi connectivity index (χ0v) is 12.5. The second kappa shape index (κ2) is 7.10. The third-order valence-electron chi connectivity index (χ3n) is 3.41. The van der Waals surface area contributed by atoms with Crippen molar-refractivity contribution < 1.29 is 0 Å². The largest absolute Gasteiger partial charge is 0.320 e. The Bertz CT molecular complexity index is 529. The molecular formula is C16H22N4. The molecule has 0 spiro atoms. The van der Waals surface area contributed by atoms with E-state index >= 15 is 0 Å². The first-order chi connectivity index (χ1) is 9.70. The Kier molecular flexibility index (Phi) is 5.18. The maximum Gasteiger partial charge on any atom is 0.133 e. The smallest absolute Gasteiger partial charge is 0.133 e. The molecule has 20 heavy (non-hydrogen) atoms. The van der Waals surface area contributed by atoms with Gasteiger partial charge in [0, 0.05) is 30.2 Å². The molecule has 1 N–H and O–H groups in total. The van der Waals surface area contributed by atoms with Crippen LogP contribution in [0.2, 0.25) is 0 Å². The summed E-state index contributed by atoms with van der Waals surface area (Å²) in [6, 6.07) is 4.00. The molecule has 4 nitrogen and oxygen atoms in total. The molecule has 0 unspecified atom stereocenters. The van der Waals surface area contributed by atoms with Crippen molar-refractivity contribution in [2.75, 3.05) is 13.6 Å². The van der Waals surface area contributed by atoms with Crippen LogP contribution in [0.25, 0.3) is 0 Å². The van der Waals surface area contributed by atoms with E-state index in [9.17, 15) is 0 Å². The Morgan fingerprint density at radius 3 is 2.50 bits per heavy atom. The van der Waals surface area contributed by atoms with Crippen LogP contribution >= 0.6 is 0 Å². The highest BCUT2D eigenvalue weighted by Gasteiger charge is 2.08. The number of nitrogens with zero attached hydrogens (tertiary/aromatic N) is 3. The number of aryl methyl sites for hydroxylation is 2. The quantitative estimate of drug-likeness (QED) is 0.818. The van der Waals surface area contributed by atoms with E-state index in [1.807, 2.05) is 19.3 Å². The van der Waals surface area contributed by atoms with Gasteiger partial charge in [-0.05, 0) is 57.5 Å². The molecule has 0 amide bonds. The van der Waals surface area contributed by atoms with E-state index < -0.39 is 0 Å². The van der Waals surface area contributed by atoms with Crippen molar-refractivity contribution in [3.8, 4) is 0 Å². The van der Waals surface area contributed by atoms with E-state index in [4.69, 9.17) is 0 Å². The molecule has 0 saturated carbocycles. The Hall–Kier alpha value is -1.81. The van der Waals surface area contributed by atoms with E-state index in [1.165, 1.54) is 5.56 Å². The highest BCUT2D eigenvalue weighted by atomic mass is 14.9. The molecular weight excluding hydrogens is 248 g/mol. The molecule has 0 atom stereocenters. The molecule has 2 rings (SSSR count). The Labute approximate surface area is 120 Å². The number of pyridine rings is 1. The van der Waals surface area contributed by atoms with Crippen LogP contribution in [-0.2, 0) is 12.8 Å². The molecule has 0 aliphatic carbocycles. The Morgan fingerprint density at radius 2 is 1.90 bits per heavy atom. The summed E-state index contributed by atoms with van der Waals surface area (Å²) in [5.41, 5.74) is 4.64. The zero-order chi connectivity index (χ0) is 14.4. The fourth-order valence-electron chi connectivity index (χ4n) is 2.38. The average Bonchev–Trinajstić information content (AvgIpc) is 2.43. The first-order valence-electron chi connectivity index (χ1n) is 7.07. The van der Waals surface area contributed by atoms with E-state index in [2.05, 4.69) is 40.2 Å².